The van der Waals surface area contributed by atoms with Gasteiger partial charge in [-0.15, -0.1) is 0 Å². The monoisotopic (exact) mass is 274 g/mol. The fourth-order valence-electron chi connectivity index (χ4n) is 2.00. The van der Waals surface area contributed by atoms with E-state index in [2.05, 4.69) is 10.3 Å². The lowest BCUT2D eigenvalue weighted by atomic mass is 9.86. The van der Waals surface area contributed by atoms with Crippen LogP contribution < -0.4 is 5.32 Å². The minimum Gasteiger partial charge on any atom is -0.310 e. The molecule has 0 aromatic carbocycles. The maximum absolute atomic E-state index is 13.0. The van der Waals surface area contributed by atoms with Gasteiger partial charge < -0.3 is 5.32 Å². The van der Waals surface area contributed by atoms with E-state index in [4.69, 9.17) is 11.6 Å². The van der Waals surface area contributed by atoms with Crippen LogP contribution in [-0.2, 0) is 4.79 Å². The molecule has 6 heteroatoms. The average Bonchev–Trinajstić information content (AvgIpc) is 2.28. The third-order valence-corrected chi connectivity index (χ3v) is 3.30. The van der Waals surface area contributed by atoms with Crippen molar-refractivity contribution in [2.24, 2.45) is 5.92 Å². The normalized spacial score (nSPS) is 19.5. The molecule has 0 unspecified atom stereocenters. The zero-order chi connectivity index (χ0) is 13.2. The van der Waals surface area contributed by atoms with Crippen molar-refractivity contribution in [3.63, 3.8) is 0 Å². The number of carbonyl (C=O) groups excluding carboxylic acids is 1. The molecule has 1 heterocycles. The second-order valence-electron chi connectivity index (χ2n) is 4.48. The Morgan fingerprint density at radius 2 is 2.11 bits per heavy atom. The van der Waals surface area contributed by atoms with Gasteiger partial charge in [-0.3, -0.25) is 4.79 Å². The molecule has 1 amide bonds. The van der Waals surface area contributed by atoms with Crippen molar-refractivity contribution < 1.29 is 13.6 Å². The minimum atomic E-state index is -2.62. The van der Waals surface area contributed by atoms with Crippen molar-refractivity contribution in [2.45, 2.75) is 31.6 Å². The lowest BCUT2D eigenvalue weighted by molar-refractivity contribution is -0.124. The highest BCUT2D eigenvalue weighted by molar-refractivity contribution is 6.30. The second-order valence-corrected chi connectivity index (χ2v) is 4.92. The van der Waals surface area contributed by atoms with E-state index >= 15 is 0 Å². The number of pyridine rings is 1. The smallest absolute Gasteiger partial charge is 0.248 e. The molecule has 0 radical (unpaired) electrons. The Labute approximate surface area is 109 Å². The molecule has 0 atom stereocenters. The number of hydrogen-bond acceptors (Lipinski definition) is 2. The number of rotatable bonds is 2. The van der Waals surface area contributed by atoms with Crippen molar-refractivity contribution in [2.75, 3.05) is 5.32 Å². The second kappa shape index (κ2) is 5.18. The summed E-state index contributed by atoms with van der Waals surface area (Å²) in [5.41, 5.74) is 0. The summed E-state index contributed by atoms with van der Waals surface area (Å²) in [6.07, 6.45) is 1.44. The van der Waals surface area contributed by atoms with Crippen molar-refractivity contribution >= 4 is 23.3 Å². The van der Waals surface area contributed by atoms with Gasteiger partial charge >= 0.3 is 0 Å². The number of alkyl halides is 2. The van der Waals surface area contributed by atoms with Crippen LogP contribution in [0.15, 0.2) is 18.3 Å². The molecule has 0 bridgehead atoms. The number of amides is 1. The molecule has 1 saturated carbocycles. The SMILES string of the molecule is O=C(Nc1cc(Cl)ccn1)C1CCC(F)(F)CC1. The first-order chi connectivity index (χ1) is 8.46. The molecule has 0 spiro atoms. The van der Waals surface area contributed by atoms with Gasteiger partial charge in [0.1, 0.15) is 5.82 Å². The number of anilines is 1. The Kier molecular flexibility index (Phi) is 3.80. The molecular weight excluding hydrogens is 262 g/mol. The molecular formula is C12H13ClF2N2O. The molecule has 1 aliphatic carbocycles. The summed E-state index contributed by atoms with van der Waals surface area (Å²) in [4.78, 5) is 15.8. The number of nitrogens with one attached hydrogen (secondary N) is 1. The Hall–Kier alpha value is -1.23. The van der Waals surface area contributed by atoms with Crippen LogP contribution in [0, 0.1) is 5.92 Å². The maximum Gasteiger partial charge on any atom is 0.248 e. The summed E-state index contributed by atoms with van der Waals surface area (Å²) in [6, 6.07) is 3.12. The van der Waals surface area contributed by atoms with Gasteiger partial charge in [-0.25, -0.2) is 13.8 Å². The molecule has 1 aromatic rings. The maximum atomic E-state index is 13.0. The van der Waals surface area contributed by atoms with Crippen LogP contribution in [0.5, 0.6) is 0 Å². The van der Waals surface area contributed by atoms with Crippen LogP contribution >= 0.6 is 11.6 Å². The number of hydrogen-bond donors (Lipinski definition) is 1. The number of nitrogens with zero attached hydrogens (tertiary/aromatic N) is 1. The van der Waals surface area contributed by atoms with E-state index in [-0.39, 0.29) is 37.5 Å². The highest BCUT2D eigenvalue weighted by Gasteiger charge is 2.37. The van der Waals surface area contributed by atoms with E-state index in [0.29, 0.717) is 10.8 Å². The molecule has 3 nitrogen and oxygen atoms in total. The predicted molar refractivity (Wildman–Crippen MR) is 64.8 cm³/mol. The lowest BCUT2D eigenvalue weighted by Gasteiger charge is -2.27. The van der Waals surface area contributed by atoms with E-state index in [1.54, 1.807) is 6.07 Å². The van der Waals surface area contributed by atoms with Crippen LogP contribution in [0.1, 0.15) is 25.7 Å². The van der Waals surface area contributed by atoms with Crippen molar-refractivity contribution in [3.8, 4) is 0 Å². The van der Waals surface area contributed by atoms with Gasteiger partial charge in [0, 0.05) is 30.0 Å². The third-order valence-electron chi connectivity index (χ3n) is 3.06. The summed E-state index contributed by atoms with van der Waals surface area (Å²) >= 11 is 5.76. The van der Waals surface area contributed by atoms with Gasteiger partial charge in [0.15, 0.2) is 0 Å². The van der Waals surface area contributed by atoms with Gasteiger partial charge in [-0.1, -0.05) is 11.6 Å². The fraction of sp³-hybridized carbons (Fsp3) is 0.500. The van der Waals surface area contributed by atoms with Crippen LogP contribution in [0.3, 0.4) is 0 Å². The summed E-state index contributed by atoms with van der Waals surface area (Å²) in [5.74, 6) is -2.90. The molecule has 0 saturated heterocycles. The molecule has 1 aliphatic rings. The molecule has 1 fully saturated rings. The lowest BCUT2D eigenvalue weighted by Crippen LogP contribution is -2.32. The fourth-order valence-corrected chi connectivity index (χ4v) is 2.16. The van der Waals surface area contributed by atoms with E-state index in [9.17, 15) is 13.6 Å². The molecule has 1 N–H and O–H groups in total. The minimum absolute atomic E-state index is 0.208. The van der Waals surface area contributed by atoms with Crippen LogP contribution in [0.25, 0.3) is 0 Å². The van der Waals surface area contributed by atoms with Gasteiger partial charge in [0.25, 0.3) is 0 Å². The molecule has 1 aromatic heterocycles. The largest absolute Gasteiger partial charge is 0.310 e. The Morgan fingerprint density at radius 1 is 1.44 bits per heavy atom. The summed E-state index contributed by atoms with van der Waals surface area (Å²) in [7, 11) is 0. The summed E-state index contributed by atoms with van der Waals surface area (Å²) in [6.45, 7) is 0. The third kappa shape index (κ3) is 3.38. The number of halogens is 3. The van der Waals surface area contributed by atoms with Crippen molar-refractivity contribution in [1.29, 1.82) is 0 Å². The number of aromatic nitrogens is 1. The summed E-state index contributed by atoms with van der Waals surface area (Å²) in [5, 5.41) is 3.07. The van der Waals surface area contributed by atoms with Crippen LogP contribution in [0.2, 0.25) is 5.02 Å². The number of carbonyl (C=O) groups is 1. The Morgan fingerprint density at radius 3 is 2.72 bits per heavy atom. The molecule has 98 valence electrons. The first-order valence-corrected chi connectivity index (χ1v) is 6.14. The Balaban J connectivity index is 1.93. The van der Waals surface area contributed by atoms with Crippen molar-refractivity contribution in [3.05, 3.63) is 23.4 Å². The zero-order valence-corrected chi connectivity index (χ0v) is 10.4. The average molecular weight is 275 g/mol. The van der Waals surface area contributed by atoms with Gasteiger partial charge in [-0.2, -0.15) is 0 Å². The van der Waals surface area contributed by atoms with Gasteiger partial charge in [0.2, 0.25) is 11.8 Å². The first kappa shape index (κ1) is 13.2. The van der Waals surface area contributed by atoms with E-state index in [1.807, 2.05) is 0 Å². The first-order valence-electron chi connectivity index (χ1n) is 5.76. The van der Waals surface area contributed by atoms with Gasteiger partial charge in [0.05, 0.1) is 0 Å². The van der Waals surface area contributed by atoms with E-state index in [1.165, 1.54) is 12.3 Å². The van der Waals surface area contributed by atoms with Gasteiger partial charge in [-0.05, 0) is 25.0 Å². The standard InChI is InChI=1S/C12H13ClF2N2O/c13-9-3-6-16-10(7-9)17-11(18)8-1-4-12(14,15)5-2-8/h3,6-8H,1-2,4-5H2,(H,16,17,18). The highest BCUT2D eigenvalue weighted by Crippen LogP contribution is 2.36. The van der Waals surface area contributed by atoms with Crippen LogP contribution in [0.4, 0.5) is 14.6 Å². The summed E-state index contributed by atoms with van der Waals surface area (Å²) < 4.78 is 25.9. The quantitative estimate of drug-likeness (QED) is 0.897. The molecule has 18 heavy (non-hydrogen) atoms. The zero-order valence-electron chi connectivity index (χ0n) is 9.63. The molecule has 2 rings (SSSR count). The van der Waals surface area contributed by atoms with E-state index < -0.39 is 5.92 Å². The molecule has 0 aliphatic heterocycles. The van der Waals surface area contributed by atoms with E-state index in [0.717, 1.165) is 0 Å². The predicted octanol–water partition coefficient (Wildman–Crippen LogP) is 3.50. The van der Waals surface area contributed by atoms with Crippen molar-refractivity contribution in [1.82, 2.24) is 4.98 Å². The topological polar surface area (TPSA) is 42.0 Å². The highest BCUT2D eigenvalue weighted by atomic mass is 35.5. The van der Waals surface area contributed by atoms with Crippen LogP contribution in [-0.4, -0.2) is 16.8 Å². The Bertz CT molecular complexity index is 443.